The minimum Gasteiger partial charge on any atom is -0.508 e. The molecule has 1 aromatic heterocycles. The van der Waals surface area contributed by atoms with Crippen LogP contribution < -0.4 is 5.43 Å². The number of fused-ring (bicyclic) bond motifs is 1. The van der Waals surface area contributed by atoms with E-state index in [-0.39, 0.29) is 17.2 Å². The number of phenolic OH excluding ortho intramolecular Hbond substituents is 3. The van der Waals surface area contributed by atoms with Crippen LogP contribution in [-0.4, -0.2) is 32.4 Å². The predicted molar refractivity (Wildman–Crippen MR) is 114 cm³/mol. The molecule has 30 heavy (non-hydrogen) atoms. The molecule has 0 aliphatic heterocycles. The zero-order valence-electron chi connectivity index (χ0n) is 15.6. The van der Waals surface area contributed by atoms with Crippen LogP contribution in [0.3, 0.4) is 0 Å². The van der Waals surface area contributed by atoms with Crippen molar-refractivity contribution in [3.05, 3.63) is 83.9 Å². The number of para-hydroxylation sites is 1. The summed E-state index contributed by atoms with van der Waals surface area (Å²) >= 11 is 0. The van der Waals surface area contributed by atoms with Crippen molar-refractivity contribution in [1.82, 2.24) is 10.4 Å². The number of nitrogens with zero attached hydrogens (tertiary/aromatic N) is 2. The number of carbonyl (C=O) groups excluding carboxylic acids is 1. The Morgan fingerprint density at radius 3 is 2.43 bits per heavy atom. The first-order valence-electron chi connectivity index (χ1n) is 9.06. The van der Waals surface area contributed by atoms with Crippen LogP contribution in [0.2, 0.25) is 0 Å². The zero-order valence-corrected chi connectivity index (χ0v) is 15.6. The minimum absolute atomic E-state index is 0.145. The topological polar surface area (TPSA) is 115 Å². The van der Waals surface area contributed by atoms with Gasteiger partial charge in [0.05, 0.1) is 23.0 Å². The van der Waals surface area contributed by atoms with E-state index < -0.39 is 5.91 Å². The lowest BCUT2D eigenvalue weighted by Gasteiger charge is -2.09. The van der Waals surface area contributed by atoms with Crippen LogP contribution in [0, 0.1) is 0 Å². The third kappa shape index (κ3) is 3.90. The van der Waals surface area contributed by atoms with Crippen molar-refractivity contribution in [2.24, 2.45) is 5.10 Å². The number of rotatable bonds is 4. The van der Waals surface area contributed by atoms with Gasteiger partial charge in [-0.15, -0.1) is 0 Å². The van der Waals surface area contributed by atoms with Crippen molar-refractivity contribution in [1.29, 1.82) is 0 Å². The number of amides is 1. The highest BCUT2D eigenvalue weighted by Gasteiger charge is 2.13. The van der Waals surface area contributed by atoms with Crippen molar-refractivity contribution < 1.29 is 20.1 Å². The molecular formula is C23H17N3O4. The molecule has 0 saturated carbocycles. The number of hydrogen-bond donors (Lipinski definition) is 4. The minimum atomic E-state index is -0.423. The summed E-state index contributed by atoms with van der Waals surface area (Å²) in [6.07, 6.45) is 1.36. The largest absolute Gasteiger partial charge is 0.508 e. The number of pyridine rings is 1. The van der Waals surface area contributed by atoms with Crippen LogP contribution in [0.15, 0.2) is 77.9 Å². The number of phenols is 3. The average molecular weight is 399 g/mol. The van der Waals surface area contributed by atoms with Gasteiger partial charge in [0.1, 0.15) is 5.75 Å². The fraction of sp³-hybridized carbons (Fsp3) is 0. The first-order valence-corrected chi connectivity index (χ1v) is 9.06. The highest BCUT2D eigenvalue weighted by Crippen LogP contribution is 2.26. The van der Waals surface area contributed by atoms with Crippen LogP contribution in [0.4, 0.5) is 0 Å². The summed E-state index contributed by atoms with van der Waals surface area (Å²) in [5, 5.41) is 33.0. The molecule has 1 heterocycles. The van der Waals surface area contributed by atoms with E-state index in [2.05, 4.69) is 15.5 Å². The van der Waals surface area contributed by atoms with Crippen molar-refractivity contribution in [3.8, 4) is 28.5 Å². The Morgan fingerprint density at radius 1 is 0.900 bits per heavy atom. The third-order valence-electron chi connectivity index (χ3n) is 4.50. The van der Waals surface area contributed by atoms with Gasteiger partial charge in [0.15, 0.2) is 11.5 Å². The fourth-order valence-corrected chi connectivity index (χ4v) is 2.99. The molecule has 0 atom stereocenters. The van der Waals surface area contributed by atoms with Gasteiger partial charge in [0, 0.05) is 10.9 Å². The van der Waals surface area contributed by atoms with Gasteiger partial charge in [0.25, 0.3) is 5.91 Å². The number of aromatic nitrogens is 1. The SMILES string of the molecule is O=C(N/N=C\c1ccc(O)c(O)c1)c1cc(-c2ccc(O)cc2)nc2ccccc12. The van der Waals surface area contributed by atoms with Crippen molar-refractivity contribution in [2.45, 2.75) is 0 Å². The van der Waals surface area contributed by atoms with Gasteiger partial charge in [-0.3, -0.25) is 4.79 Å². The van der Waals surface area contributed by atoms with Crippen molar-refractivity contribution in [3.63, 3.8) is 0 Å². The highest BCUT2D eigenvalue weighted by atomic mass is 16.3. The lowest BCUT2D eigenvalue weighted by atomic mass is 10.0. The predicted octanol–water partition coefficient (Wildman–Crippen LogP) is 3.78. The molecule has 7 nitrogen and oxygen atoms in total. The summed E-state index contributed by atoms with van der Waals surface area (Å²) in [6, 6.07) is 19.7. The second kappa shape index (κ2) is 7.92. The molecule has 1 amide bonds. The number of aromatic hydroxyl groups is 3. The molecule has 0 spiro atoms. The molecule has 0 bridgehead atoms. The highest BCUT2D eigenvalue weighted by molar-refractivity contribution is 6.07. The molecule has 0 aliphatic rings. The Balaban J connectivity index is 1.66. The van der Waals surface area contributed by atoms with Crippen LogP contribution in [0.25, 0.3) is 22.2 Å². The molecule has 0 aliphatic carbocycles. The first kappa shape index (κ1) is 18.9. The van der Waals surface area contributed by atoms with Gasteiger partial charge in [-0.05, 0) is 60.2 Å². The molecule has 0 unspecified atom stereocenters. The van der Waals surface area contributed by atoms with Crippen molar-refractivity contribution in [2.75, 3.05) is 0 Å². The van der Waals surface area contributed by atoms with Crippen LogP contribution in [0.5, 0.6) is 17.2 Å². The lowest BCUT2D eigenvalue weighted by molar-refractivity contribution is 0.0956. The van der Waals surface area contributed by atoms with Crippen LogP contribution >= 0.6 is 0 Å². The van der Waals surface area contributed by atoms with E-state index in [1.807, 2.05) is 18.2 Å². The Kier molecular flexibility index (Phi) is 5.00. The summed E-state index contributed by atoms with van der Waals surface area (Å²) in [4.78, 5) is 17.4. The molecule has 7 heteroatoms. The Labute approximate surface area is 171 Å². The molecule has 4 rings (SSSR count). The van der Waals surface area contributed by atoms with Gasteiger partial charge < -0.3 is 15.3 Å². The second-order valence-electron chi connectivity index (χ2n) is 6.57. The molecule has 0 saturated heterocycles. The maximum atomic E-state index is 12.8. The fourth-order valence-electron chi connectivity index (χ4n) is 2.99. The van der Waals surface area contributed by atoms with E-state index in [4.69, 9.17) is 0 Å². The quantitative estimate of drug-likeness (QED) is 0.237. The molecule has 4 N–H and O–H groups in total. The van der Waals surface area contributed by atoms with Crippen molar-refractivity contribution >= 4 is 23.0 Å². The number of carbonyl (C=O) groups is 1. The molecule has 4 aromatic rings. The standard InChI is InChI=1S/C23H17N3O4/c27-16-8-6-15(7-9-16)20-12-18(17-3-1-2-4-19(17)25-20)23(30)26-24-13-14-5-10-21(28)22(29)11-14/h1-13,27-29H,(H,26,30)/b24-13-. The van der Waals surface area contributed by atoms with Gasteiger partial charge in [-0.25, -0.2) is 10.4 Å². The molecule has 3 aromatic carbocycles. The zero-order chi connectivity index (χ0) is 21.1. The Morgan fingerprint density at radius 2 is 1.67 bits per heavy atom. The second-order valence-corrected chi connectivity index (χ2v) is 6.57. The average Bonchev–Trinajstić information content (AvgIpc) is 2.76. The molecular weight excluding hydrogens is 382 g/mol. The number of hydrazone groups is 1. The van der Waals surface area contributed by atoms with E-state index >= 15 is 0 Å². The number of hydrogen-bond acceptors (Lipinski definition) is 6. The monoisotopic (exact) mass is 399 g/mol. The molecule has 0 fully saturated rings. The molecule has 0 radical (unpaired) electrons. The van der Waals surface area contributed by atoms with Crippen LogP contribution in [-0.2, 0) is 0 Å². The summed E-state index contributed by atoms with van der Waals surface area (Å²) in [5.41, 5.74) is 5.39. The smallest absolute Gasteiger partial charge is 0.272 e. The summed E-state index contributed by atoms with van der Waals surface area (Å²) in [5.74, 6) is -0.787. The summed E-state index contributed by atoms with van der Waals surface area (Å²) < 4.78 is 0. The molecule has 148 valence electrons. The lowest BCUT2D eigenvalue weighted by Crippen LogP contribution is -2.18. The van der Waals surface area contributed by atoms with Crippen LogP contribution in [0.1, 0.15) is 15.9 Å². The normalized spacial score (nSPS) is 11.1. The summed E-state index contributed by atoms with van der Waals surface area (Å²) in [7, 11) is 0. The van der Waals surface area contributed by atoms with E-state index in [1.54, 1.807) is 42.5 Å². The first-order chi connectivity index (χ1) is 14.5. The summed E-state index contributed by atoms with van der Waals surface area (Å²) in [6.45, 7) is 0. The van der Waals surface area contributed by atoms with Gasteiger partial charge >= 0.3 is 0 Å². The van der Waals surface area contributed by atoms with E-state index in [0.717, 1.165) is 5.56 Å². The maximum absolute atomic E-state index is 12.8. The van der Waals surface area contributed by atoms with Gasteiger partial charge in [-0.1, -0.05) is 18.2 Å². The number of nitrogens with one attached hydrogen (secondary N) is 1. The van der Waals surface area contributed by atoms with Gasteiger partial charge in [0.2, 0.25) is 0 Å². The number of benzene rings is 3. The maximum Gasteiger partial charge on any atom is 0.272 e. The van der Waals surface area contributed by atoms with Gasteiger partial charge in [-0.2, -0.15) is 5.10 Å². The Hall–Kier alpha value is -4.39. The Bertz CT molecular complexity index is 1270. The van der Waals surface area contributed by atoms with E-state index in [9.17, 15) is 20.1 Å². The van der Waals surface area contributed by atoms with E-state index in [1.165, 1.54) is 18.3 Å². The third-order valence-corrected chi connectivity index (χ3v) is 4.50. The van der Waals surface area contributed by atoms with E-state index in [0.29, 0.717) is 27.7 Å².